The Bertz CT molecular complexity index is 613. The van der Waals surface area contributed by atoms with Crippen LogP contribution in [0.2, 0.25) is 0 Å². The average Bonchev–Trinajstić information content (AvgIpc) is 2.47. The van der Waals surface area contributed by atoms with E-state index in [0.717, 1.165) is 5.69 Å². The minimum Gasteiger partial charge on any atom is -0.489 e. The monoisotopic (exact) mass is 256 g/mol. The smallest absolute Gasteiger partial charge is 0.335 e. The number of fused-ring (bicyclic) bond motifs is 1. The SMILES string of the molecule is O=C(O)c1ccc2c(c1)NC(c1ccccn1)CO2. The molecule has 0 amide bonds. The molecule has 0 bridgehead atoms. The molecule has 1 unspecified atom stereocenters. The van der Waals surface area contributed by atoms with E-state index in [-0.39, 0.29) is 11.6 Å². The number of aromatic nitrogens is 1. The summed E-state index contributed by atoms with van der Waals surface area (Å²) < 4.78 is 5.63. The number of pyridine rings is 1. The Hall–Kier alpha value is -2.56. The van der Waals surface area contributed by atoms with Gasteiger partial charge >= 0.3 is 5.97 Å². The van der Waals surface area contributed by atoms with Crippen LogP contribution >= 0.6 is 0 Å². The maximum atomic E-state index is 11.0. The highest BCUT2D eigenvalue weighted by atomic mass is 16.5. The van der Waals surface area contributed by atoms with Gasteiger partial charge in [0.05, 0.1) is 16.9 Å². The van der Waals surface area contributed by atoms with Gasteiger partial charge in [-0.25, -0.2) is 4.79 Å². The van der Waals surface area contributed by atoms with Crippen molar-refractivity contribution in [1.82, 2.24) is 4.98 Å². The van der Waals surface area contributed by atoms with E-state index in [9.17, 15) is 4.79 Å². The minimum absolute atomic E-state index is 0.0715. The molecule has 1 aliphatic heterocycles. The maximum absolute atomic E-state index is 11.0. The van der Waals surface area contributed by atoms with Crippen LogP contribution in [0.1, 0.15) is 22.1 Å². The largest absolute Gasteiger partial charge is 0.489 e. The summed E-state index contributed by atoms with van der Waals surface area (Å²) in [6.07, 6.45) is 1.72. The van der Waals surface area contributed by atoms with Gasteiger partial charge in [0, 0.05) is 6.20 Å². The lowest BCUT2D eigenvalue weighted by atomic mass is 10.1. The van der Waals surface area contributed by atoms with Crippen molar-refractivity contribution in [3.05, 3.63) is 53.9 Å². The Labute approximate surface area is 109 Å². The average molecular weight is 256 g/mol. The van der Waals surface area contributed by atoms with Gasteiger partial charge in [0.2, 0.25) is 0 Å². The normalized spacial score (nSPS) is 16.9. The van der Waals surface area contributed by atoms with E-state index in [1.807, 2.05) is 18.2 Å². The first-order valence-corrected chi connectivity index (χ1v) is 5.91. The van der Waals surface area contributed by atoms with Crippen LogP contribution in [0.4, 0.5) is 5.69 Å². The fourth-order valence-corrected chi connectivity index (χ4v) is 2.05. The van der Waals surface area contributed by atoms with E-state index in [0.29, 0.717) is 18.0 Å². The molecule has 2 heterocycles. The Kier molecular flexibility index (Phi) is 2.79. The summed E-state index contributed by atoms with van der Waals surface area (Å²) in [7, 11) is 0. The molecule has 1 aliphatic rings. The molecule has 96 valence electrons. The molecule has 0 fully saturated rings. The van der Waals surface area contributed by atoms with Crippen LogP contribution in [0.25, 0.3) is 0 Å². The van der Waals surface area contributed by atoms with Gasteiger partial charge in [-0.2, -0.15) is 0 Å². The summed E-state index contributed by atoms with van der Waals surface area (Å²) in [6, 6.07) is 10.4. The Morgan fingerprint density at radius 2 is 2.26 bits per heavy atom. The summed E-state index contributed by atoms with van der Waals surface area (Å²) in [4.78, 5) is 15.2. The summed E-state index contributed by atoms with van der Waals surface area (Å²) in [5.41, 5.74) is 1.78. The first kappa shape index (κ1) is 11.5. The molecule has 19 heavy (non-hydrogen) atoms. The highest BCUT2D eigenvalue weighted by Crippen LogP contribution is 2.33. The van der Waals surface area contributed by atoms with E-state index >= 15 is 0 Å². The lowest BCUT2D eigenvalue weighted by molar-refractivity contribution is 0.0697. The van der Waals surface area contributed by atoms with E-state index in [4.69, 9.17) is 9.84 Å². The van der Waals surface area contributed by atoms with Crippen molar-refractivity contribution in [1.29, 1.82) is 0 Å². The van der Waals surface area contributed by atoms with Crippen molar-refractivity contribution in [3.8, 4) is 5.75 Å². The molecule has 2 N–H and O–H groups in total. The molecule has 1 aromatic carbocycles. The van der Waals surface area contributed by atoms with E-state index in [1.165, 1.54) is 6.07 Å². The van der Waals surface area contributed by atoms with Crippen molar-refractivity contribution in [2.24, 2.45) is 0 Å². The van der Waals surface area contributed by atoms with Crippen molar-refractivity contribution >= 4 is 11.7 Å². The lowest BCUT2D eigenvalue weighted by Crippen LogP contribution is -2.24. The Morgan fingerprint density at radius 3 is 3.00 bits per heavy atom. The number of hydrogen-bond acceptors (Lipinski definition) is 4. The van der Waals surface area contributed by atoms with Gasteiger partial charge < -0.3 is 15.2 Å². The van der Waals surface area contributed by atoms with Gasteiger partial charge in [0.15, 0.2) is 0 Å². The molecule has 5 heteroatoms. The number of carboxylic acids is 1. The number of ether oxygens (including phenoxy) is 1. The number of carboxylic acid groups (broad SMARTS) is 1. The van der Waals surface area contributed by atoms with Gasteiger partial charge in [-0.05, 0) is 30.3 Å². The highest BCUT2D eigenvalue weighted by molar-refractivity contribution is 5.89. The topological polar surface area (TPSA) is 71.5 Å². The zero-order chi connectivity index (χ0) is 13.2. The number of nitrogens with zero attached hydrogens (tertiary/aromatic N) is 1. The minimum atomic E-state index is -0.954. The zero-order valence-corrected chi connectivity index (χ0v) is 10.0. The zero-order valence-electron chi connectivity index (χ0n) is 10.0. The van der Waals surface area contributed by atoms with Crippen LogP contribution in [0.5, 0.6) is 5.75 Å². The summed E-state index contributed by atoms with van der Waals surface area (Å²) >= 11 is 0. The van der Waals surface area contributed by atoms with Gasteiger partial charge in [-0.1, -0.05) is 6.07 Å². The van der Waals surface area contributed by atoms with E-state index in [2.05, 4.69) is 10.3 Å². The third-order valence-electron chi connectivity index (χ3n) is 3.01. The van der Waals surface area contributed by atoms with Crippen molar-refractivity contribution in [2.45, 2.75) is 6.04 Å². The first-order chi connectivity index (χ1) is 9.24. The molecular formula is C14H12N2O3. The lowest BCUT2D eigenvalue weighted by Gasteiger charge is -2.27. The van der Waals surface area contributed by atoms with E-state index in [1.54, 1.807) is 18.3 Å². The van der Waals surface area contributed by atoms with Gasteiger partial charge in [-0.15, -0.1) is 0 Å². The quantitative estimate of drug-likeness (QED) is 0.862. The maximum Gasteiger partial charge on any atom is 0.335 e. The number of rotatable bonds is 2. The fourth-order valence-electron chi connectivity index (χ4n) is 2.05. The predicted octanol–water partition coefficient (Wildman–Crippen LogP) is 2.33. The highest BCUT2D eigenvalue weighted by Gasteiger charge is 2.22. The van der Waals surface area contributed by atoms with Gasteiger partial charge in [0.25, 0.3) is 0 Å². The van der Waals surface area contributed by atoms with Crippen LogP contribution in [0.15, 0.2) is 42.6 Å². The second kappa shape index (κ2) is 4.61. The molecule has 0 radical (unpaired) electrons. The molecule has 3 rings (SSSR count). The molecular weight excluding hydrogens is 244 g/mol. The second-order valence-electron chi connectivity index (χ2n) is 4.28. The van der Waals surface area contributed by atoms with Crippen LogP contribution in [-0.4, -0.2) is 22.7 Å². The van der Waals surface area contributed by atoms with Gasteiger partial charge in [-0.3, -0.25) is 4.98 Å². The number of aromatic carboxylic acids is 1. The van der Waals surface area contributed by atoms with Crippen LogP contribution < -0.4 is 10.1 Å². The van der Waals surface area contributed by atoms with Crippen LogP contribution in [-0.2, 0) is 0 Å². The third-order valence-corrected chi connectivity index (χ3v) is 3.01. The molecule has 1 atom stereocenters. The number of benzene rings is 1. The Balaban J connectivity index is 1.90. The summed E-state index contributed by atoms with van der Waals surface area (Å²) in [6.45, 7) is 0.469. The van der Waals surface area contributed by atoms with Gasteiger partial charge in [0.1, 0.15) is 18.4 Å². The number of nitrogens with one attached hydrogen (secondary N) is 1. The van der Waals surface area contributed by atoms with Crippen molar-refractivity contribution in [3.63, 3.8) is 0 Å². The first-order valence-electron chi connectivity index (χ1n) is 5.91. The van der Waals surface area contributed by atoms with E-state index < -0.39 is 5.97 Å². The molecule has 2 aromatic rings. The number of carbonyl (C=O) groups is 1. The molecule has 0 aliphatic carbocycles. The number of anilines is 1. The molecule has 0 saturated carbocycles. The summed E-state index contributed by atoms with van der Waals surface area (Å²) in [5, 5.41) is 12.2. The Morgan fingerprint density at radius 1 is 1.37 bits per heavy atom. The summed E-state index contributed by atoms with van der Waals surface area (Å²) in [5.74, 6) is -0.290. The van der Waals surface area contributed by atoms with Crippen LogP contribution in [0, 0.1) is 0 Å². The van der Waals surface area contributed by atoms with Crippen molar-refractivity contribution in [2.75, 3.05) is 11.9 Å². The van der Waals surface area contributed by atoms with Crippen LogP contribution in [0.3, 0.4) is 0 Å². The predicted molar refractivity (Wildman–Crippen MR) is 69.5 cm³/mol. The second-order valence-corrected chi connectivity index (χ2v) is 4.28. The van der Waals surface area contributed by atoms with Crippen molar-refractivity contribution < 1.29 is 14.6 Å². The third kappa shape index (κ3) is 2.22. The molecule has 0 saturated heterocycles. The molecule has 1 aromatic heterocycles. The standard InChI is InChI=1S/C14H12N2O3/c17-14(18)9-4-5-13-11(7-9)16-12(8-19-13)10-3-1-2-6-15-10/h1-7,12,16H,8H2,(H,17,18). The molecule has 0 spiro atoms. The molecule has 5 nitrogen and oxygen atoms in total. The fraction of sp³-hybridized carbons (Fsp3) is 0.143. The number of hydrogen-bond donors (Lipinski definition) is 2.